The number of rotatable bonds is 6. The maximum Gasteiger partial charge on any atom is 0.326 e. The predicted molar refractivity (Wildman–Crippen MR) is 109 cm³/mol. The number of hydrogen-bond acceptors (Lipinski definition) is 5. The van der Waals surface area contributed by atoms with Crippen LogP contribution >= 0.6 is 24.4 Å². The molecule has 1 aromatic carbocycles. The summed E-state index contributed by atoms with van der Waals surface area (Å²) in [5.74, 6) is -0.844. The van der Waals surface area contributed by atoms with Gasteiger partial charge in [-0.1, -0.05) is 30.3 Å². The number of hydrogen-bond donors (Lipinski definition) is 2. The van der Waals surface area contributed by atoms with E-state index in [0.29, 0.717) is 19.3 Å². The molecule has 0 bridgehead atoms. The minimum atomic E-state index is -0.947. The van der Waals surface area contributed by atoms with Crippen molar-refractivity contribution in [2.24, 2.45) is 5.92 Å². The Morgan fingerprint density at radius 3 is 2.67 bits per heavy atom. The zero-order valence-electron chi connectivity index (χ0n) is 15.1. The molecule has 0 saturated carbocycles. The van der Waals surface area contributed by atoms with Crippen LogP contribution in [0.5, 0.6) is 0 Å². The van der Waals surface area contributed by atoms with Crippen molar-refractivity contribution in [3.8, 4) is 0 Å². The van der Waals surface area contributed by atoms with Crippen molar-refractivity contribution >= 4 is 42.1 Å². The molecule has 0 aromatic heterocycles. The van der Waals surface area contributed by atoms with Crippen molar-refractivity contribution in [3.05, 3.63) is 35.9 Å². The van der Waals surface area contributed by atoms with Crippen molar-refractivity contribution in [3.63, 3.8) is 0 Å². The van der Waals surface area contributed by atoms with Gasteiger partial charge < -0.3 is 10.0 Å². The van der Waals surface area contributed by atoms with E-state index in [0.717, 1.165) is 24.2 Å². The number of piperidine rings is 1. The van der Waals surface area contributed by atoms with Crippen molar-refractivity contribution in [2.45, 2.75) is 55.2 Å². The Balaban J connectivity index is 1.67. The average Bonchev–Trinajstić information content (AvgIpc) is 2.81. The van der Waals surface area contributed by atoms with E-state index in [2.05, 4.69) is 12.6 Å². The number of benzene rings is 1. The number of nitrogens with zero attached hydrogens (tertiary/aromatic N) is 1. The molecule has 2 aliphatic rings. The van der Waals surface area contributed by atoms with Crippen LogP contribution in [0.1, 0.15) is 37.7 Å². The summed E-state index contributed by atoms with van der Waals surface area (Å²) >= 11 is 6.11. The lowest BCUT2D eigenvalue weighted by atomic mass is 9.92. The van der Waals surface area contributed by atoms with Crippen LogP contribution in [0.2, 0.25) is 0 Å². The molecule has 0 radical (unpaired) electrons. The van der Waals surface area contributed by atoms with Gasteiger partial charge >= 0.3 is 5.97 Å². The molecule has 1 aromatic rings. The summed E-state index contributed by atoms with van der Waals surface area (Å²) in [5, 5.41) is 8.99. The van der Waals surface area contributed by atoms with Crippen LogP contribution in [0, 0.1) is 5.92 Å². The highest BCUT2D eigenvalue weighted by Gasteiger charge is 2.43. The van der Waals surface area contributed by atoms with Gasteiger partial charge in [0.25, 0.3) is 0 Å². The second kappa shape index (κ2) is 9.15. The molecule has 0 spiro atoms. The number of thiol groups is 1. The van der Waals surface area contributed by atoms with Gasteiger partial charge in [0.1, 0.15) is 11.8 Å². The maximum atomic E-state index is 13.1. The van der Waals surface area contributed by atoms with Crippen LogP contribution in [0.4, 0.5) is 0 Å². The van der Waals surface area contributed by atoms with Gasteiger partial charge in [-0.3, -0.25) is 9.59 Å². The van der Waals surface area contributed by atoms with Crippen LogP contribution in [0.3, 0.4) is 0 Å². The number of carboxylic acid groups (broad SMARTS) is 1. The Morgan fingerprint density at radius 1 is 1.22 bits per heavy atom. The summed E-state index contributed by atoms with van der Waals surface area (Å²) in [5.41, 5.74) is 1.04. The molecule has 146 valence electrons. The number of thioether (sulfide) groups is 1. The molecule has 5 nitrogen and oxygen atoms in total. The smallest absolute Gasteiger partial charge is 0.326 e. The van der Waals surface area contributed by atoms with Gasteiger partial charge in [-0.25, -0.2) is 4.79 Å². The first kappa shape index (κ1) is 20.3. The van der Waals surface area contributed by atoms with E-state index in [1.165, 1.54) is 0 Å². The number of carboxylic acids is 1. The molecular weight excluding hydrogens is 382 g/mol. The van der Waals surface area contributed by atoms with Gasteiger partial charge in [0.15, 0.2) is 0 Å². The molecule has 2 fully saturated rings. The molecule has 27 heavy (non-hydrogen) atoms. The summed E-state index contributed by atoms with van der Waals surface area (Å²) in [6.45, 7) is 0. The summed E-state index contributed by atoms with van der Waals surface area (Å²) in [7, 11) is 0. The molecule has 1 N–H and O–H groups in total. The molecule has 3 rings (SSSR count). The van der Waals surface area contributed by atoms with Crippen LogP contribution in [-0.2, 0) is 20.8 Å². The highest BCUT2D eigenvalue weighted by molar-refractivity contribution is 7.99. The lowest BCUT2D eigenvalue weighted by molar-refractivity contribution is -0.155. The average molecular weight is 408 g/mol. The summed E-state index contributed by atoms with van der Waals surface area (Å²) in [6, 6.07) is 8.92. The molecule has 2 heterocycles. The lowest BCUT2D eigenvalue weighted by Crippen LogP contribution is -2.53. The minimum Gasteiger partial charge on any atom is -0.480 e. The highest BCUT2D eigenvalue weighted by atomic mass is 32.2. The quantitative estimate of drug-likeness (QED) is 0.709. The Labute approximate surface area is 169 Å². The number of amides is 1. The van der Waals surface area contributed by atoms with E-state index >= 15 is 0 Å². The minimum absolute atomic E-state index is 0.0483. The van der Waals surface area contributed by atoms with Crippen LogP contribution in [0.15, 0.2) is 30.3 Å². The predicted octanol–water partition coefficient (Wildman–Crippen LogP) is 3.03. The first-order chi connectivity index (χ1) is 13.0. The number of Topliss-reactive ketones (excluding diaryl/α,β-unsaturated/α-hetero) is 1. The van der Waals surface area contributed by atoms with Crippen LogP contribution in [0.25, 0.3) is 0 Å². The lowest BCUT2D eigenvalue weighted by Gasteiger charge is -2.39. The number of ketones is 1. The highest BCUT2D eigenvalue weighted by Crippen LogP contribution is 2.37. The maximum absolute atomic E-state index is 13.1. The largest absolute Gasteiger partial charge is 0.480 e. The molecule has 2 saturated heterocycles. The monoisotopic (exact) mass is 407 g/mol. The van der Waals surface area contributed by atoms with Gasteiger partial charge in [-0.15, -0.1) is 11.8 Å². The van der Waals surface area contributed by atoms with E-state index in [-0.39, 0.29) is 23.5 Å². The van der Waals surface area contributed by atoms with Crippen molar-refractivity contribution in [1.29, 1.82) is 0 Å². The second-order valence-corrected chi connectivity index (χ2v) is 9.13. The molecule has 1 amide bonds. The Kier molecular flexibility index (Phi) is 6.87. The molecule has 0 unspecified atom stereocenters. The first-order valence-electron chi connectivity index (χ1n) is 9.38. The van der Waals surface area contributed by atoms with E-state index in [4.69, 9.17) is 0 Å². The Morgan fingerprint density at radius 2 is 1.96 bits per heavy atom. The third-order valence-electron chi connectivity index (χ3n) is 5.33. The standard InChI is InChI=1S/C20H25NO4S2/c22-16(17(26)11-13-5-2-1-3-6-13)12-14-9-10-27-18-8-4-7-15(20(24)25)21(18)19(14)23/h1-3,5-6,14-15,17-18,26H,4,7-12H2,(H,24,25)/t14-,15+,17+,18+/m1/s1. The van der Waals surface area contributed by atoms with Crippen molar-refractivity contribution in [2.75, 3.05) is 5.75 Å². The number of aliphatic carboxylic acids is 1. The van der Waals surface area contributed by atoms with Crippen molar-refractivity contribution < 1.29 is 19.5 Å². The molecular formula is C20H25NO4S2. The fourth-order valence-electron chi connectivity index (χ4n) is 3.87. The summed E-state index contributed by atoms with van der Waals surface area (Å²) < 4.78 is 0. The SMILES string of the molecule is O=C(C[C@H]1CCS[C@H]2CCC[C@@H](C(=O)O)N2C1=O)[C@@H](S)Cc1ccccc1. The van der Waals surface area contributed by atoms with Gasteiger partial charge in [0.2, 0.25) is 5.91 Å². The topological polar surface area (TPSA) is 74.7 Å². The van der Waals surface area contributed by atoms with E-state index in [1.807, 2.05) is 30.3 Å². The van der Waals surface area contributed by atoms with E-state index < -0.39 is 23.2 Å². The van der Waals surface area contributed by atoms with Gasteiger partial charge in [0.05, 0.1) is 10.6 Å². The number of fused-ring (bicyclic) bond motifs is 1. The Hall–Kier alpha value is -1.47. The fraction of sp³-hybridized carbons (Fsp3) is 0.550. The second-order valence-electron chi connectivity index (χ2n) is 7.22. The summed E-state index contributed by atoms with van der Waals surface area (Å²) in [6.07, 6.45) is 3.41. The molecule has 2 aliphatic heterocycles. The zero-order chi connectivity index (χ0) is 19.4. The molecule has 0 aliphatic carbocycles. The Bertz CT molecular complexity index is 696. The first-order valence-corrected chi connectivity index (χ1v) is 10.9. The van der Waals surface area contributed by atoms with Crippen molar-refractivity contribution in [1.82, 2.24) is 4.90 Å². The van der Waals surface area contributed by atoms with Gasteiger partial charge in [-0.05, 0) is 43.4 Å². The third kappa shape index (κ3) is 4.88. The number of carbonyl (C=O) groups is 3. The normalized spacial score (nSPS) is 26.8. The number of carbonyl (C=O) groups excluding carboxylic acids is 2. The van der Waals surface area contributed by atoms with E-state index in [1.54, 1.807) is 16.7 Å². The zero-order valence-corrected chi connectivity index (χ0v) is 16.8. The van der Waals surface area contributed by atoms with E-state index in [9.17, 15) is 19.5 Å². The molecule has 7 heteroatoms. The summed E-state index contributed by atoms with van der Waals surface area (Å²) in [4.78, 5) is 38.9. The van der Waals surface area contributed by atoms with Crippen LogP contribution < -0.4 is 0 Å². The third-order valence-corrected chi connectivity index (χ3v) is 7.12. The fourth-order valence-corrected chi connectivity index (χ4v) is 5.62. The van der Waals surface area contributed by atoms with Gasteiger partial charge in [-0.2, -0.15) is 12.6 Å². The van der Waals surface area contributed by atoms with Crippen LogP contribution in [-0.4, -0.2) is 50.1 Å². The van der Waals surface area contributed by atoms with Gasteiger partial charge in [0, 0.05) is 12.3 Å². The molecule has 4 atom stereocenters.